The molecule has 0 aliphatic carbocycles. The lowest BCUT2D eigenvalue weighted by atomic mass is 9.98. The van der Waals surface area contributed by atoms with Gasteiger partial charge in [-0.05, 0) is 56.1 Å². The molecule has 0 spiro atoms. The van der Waals surface area contributed by atoms with Gasteiger partial charge in [-0.1, -0.05) is 6.92 Å². The molecule has 5 heteroatoms. The van der Waals surface area contributed by atoms with Crippen LogP contribution in [-0.4, -0.2) is 33.8 Å². The first kappa shape index (κ1) is 14.3. The number of rotatable bonds is 5. The minimum Gasteiger partial charge on any atom is -0.385 e. The van der Waals surface area contributed by atoms with Gasteiger partial charge in [-0.3, -0.25) is 0 Å². The Hall–Kier alpha value is -1.07. The van der Waals surface area contributed by atoms with Crippen molar-refractivity contribution in [1.29, 1.82) is 0 Å². The zero-order valence-corrected chi connectivity index (χ0v) is 12.2. The Kier molecular flexibility index (Phi) is 4.82. The molecule has 0 unspecified atom stereocenters. The highest BCUT2D eigenvalue weighted by atomic mass is 32.2. The van der Waals surface area contributed by atoms with Crippen LogP contribution in [0.25, 0.3) is 0 Å². The summed E-state index contributed by atoms with van der Waals surface area (Å²) in [6, 6.07) is 7.07. The molecule has 1 heterocycles. The quantitative estimate of drug-likeness (QED) is 0.866. The first-order valence-corrected chi connectivity index (χ1v) is 8.54. The molecule has 2 N–H and O–H groups in total. The van der Waals surface area contributed by atoms with Crippen LogP contribution in [0.2, 0.25) is 0 Å². The van der Waals surface area contributed by atoms with Gasteiger partial charge in [0, 0.05) is 12.2 Å². The van der Waals surface area contributed by atoms with Gasteiger partial charge < -0.3 is 10.6 Å². The van der Waals surface area contributed by atoms with Crippen molar-refractivity contribution in [1.82, 2.24) is 5.32 Å². The number of hydrogen-bond donors (Lipinski definition) is 2. The van der Waals surface area contributed by atoms with E-state index in [4.69, 9.17) is 0 Å². The summed E-state index contributed by atoms with van der Waals surface area (Å²) in [6.45, 7) is 4.82. The second-order valence-corrected chi connectivity index (χ2v) is 7.28. The minimum absolute atomic E-state index is 0.148. The normalized spacial score (nSPS) is 17.3. The molecule has 0 saturated carbocycles. The second-order valence-electron chi connectivity index (χ2n) is 5.00. The Labute approximate surface area is 115 Å². The first-order valence-electron chi connectivity index (χ1n) is 6.89. The van der Waals surface area contributed by atoms with E-state index in [2.05, 4.69) is 10.6 Å². The van der Waals surface area contributed by atoms with Crippen molar-refractivity contribution < 1.29 is 8.42 Å². The SMILES string of the molecule is CCS(=O)(=O)c1ccc(NCC2CCNCC2)cc1. The molecule has 1 aromatic rings. The number of nitrogens with one attached hydrogen (secondary N) is 2. The Morgan fingerprint density at radius 2 is 1.84 bits per heavy atom. The summed E-state index contributed by atoms with van der Waals surface area (Å²) in [4.78, 5) is 0.405. The molecule has 0 bridgehead atoms. The van der Waals surface area contributed by atoms with Crippen LogP contribution in [0.4, 0.5) is 5.69 Å². The van der Waals surface area contributed by atoms with E-state index >= 15 is 0 Å². The highest BCUT2D eigenvalue weighted by Gasteiger charge is 2.13. The molecular formula is C14H22N2O2S. The van der Waals surface area contributed by atoms with Crippen LogP contribution >= 0.6 is 0 Å². The van der Waals surface area contributed by atoms with Gasteiger partial charge in [0.1, 0.15) is 0 Å². The van der Waals surface area contributed by atoms with E-state index < -0.39 is 9.84 Å². The molecule has 19 heavy (non-hydrogen) atoms. The maximum absolute atomic E-state index is 11.7. The van der Waals surface area contributed by atoms with Gasteiger partial charge in [-0.15, -0.1) is 0 Å². The van der Waals surface area contributed by atoms with Gasteiger partial charge in [-0.2, -0.15) is 0 Å². The third-order valence-electron chi connectivity index (χ3n) is 3.65. The summed E-state index contributed by atoms with van der Waals surface area (Å²) in [5, 5.41) is 6.74. The zero-order chi connectivity index (χ0) is 13.7. The molecule has 106 valence electrons. The predicted octanol–water partition coefficient (Wildman–Crippen LogP) is 1.89. The molecule has 0 radical (unpaired) electrons. The molecule has 0 aromatic heterocycles. The van der Waals surface area contributed by atoms with Gasteiger partial charge in [0.2, 0.25) is 0 Å². The molecule has 0 amide bonds. The Morgan fingerprint density at radius 1 is 1.21 bits per heavy atom. The van der Waals surface area contributed by atoms with Crippen LogP contribution in [0.1, 0.15) is 19.8 Å². The summed E-state index contributed by atoms with van der Waals surface area (Å²) < 4.78 is 23.4. The molecule has 1 aliphatic heterocycles. The van der Waals surface area contributed by atoms with Crippen molar-refractivity contribution in [3.8, 4) is 0 Å². The Morgan fingerprint density at radius 3 is 2.42 bits per heavy atom. The van der Waals surface area contributed by atoms with Gasteiger partial charge in [-0.25, -0.2) is 8.42 Å². The standard InChI is InChI=1S/C14H22N2O2S/c1-2-19(17,18)14-5-3-13(4-6-14)16-11-12-7-9-15-10-8-12/h3-6,12,15-16H,2,7-11H2,1H3. The summed E-state index contributed by atoms with van der Waals surface area (Å²) >= 11 is 0. The van der Waals surface area contributed by atoms with Gasteiger partial charge >= 0.3 is 0 Å². The summed E-state index contributed by atoms with van der Waals surface area (Å²) in [7, 11) is -3.09. The van der Waals surface area contributed by atoms with Crippen molar-refractivity contribution in [2.24, 2.45) is 5.92 Å². The maximum atomic E-state index is 11.7. The maximum Gasteiger partial charge on any atom is 0.178 e. The third-order valence-corrected chi connectivity index (χ3v) is 5.40. The van der Waals surface area contributed by atoms with Crippen LogP contribution in [0.5, 0.6) is 0 Å². The molecule has 1 aromatic carbocycles. The highest BCUT2D eigenvalue weighted by Crippen LogP contribution is 2.17. The van der Waals surface area contributed by atoms with E-state index in [-0.39, 0.29) is 5.75 Å². The Bertz CT molecular complexity index is 491. The summed E-state index contributed by atoms with van der Waals surface area (Å²) in [6.07, 6.45) is 2.41. The number of anilines is 1. The molecule has 2 rings (SSSR count). The lowest BCUT2D eigenvalue weighted by Gasteiger charge is -2.23. The van der Waals surface area contributed by atoms with Crippen LogP contribution in [-0.2, 0) is 9.84 Å². The van der Waals surface area contributed by atoms with Crippen molar-refractivity contribution >= 4 is 15.5 Å². The minimum atomic E-state index is -3.09. The second kappa shape index (κ2) is 6.39. The van der Waals surface area contributed by atoms with E-state index in [9.17, 15) is 8.42 Å². The van der Waals surface area contributed by atoms with E-state index in [0.29, 0.717) is 10.8 Å². The number of hydrogen-bond acceptors (Lipinski definition) is 4. The van der Waals surface area contributed by atoms with E-state index in [1.165, 1.54) is 12.8 Å². The molecular weight excluding hydrogens is 260 g/mol. The topological polar surface area (TPSA) is 58.2 Å². The molecule has 1 aliphatic rings. The number of sulfone groups is 1. The van der Waals surface area contributed by atoms with Crippen molar-refractivity contribution in [2.45, 2.75) is 24.7 Å². The summed E-state index contributed by atoms with van der Waals surface area (Å²) in [5.41, 5.74) is 0.994. The van der Waals surface area contributed by atoms with Crippen molar-refractivity contribution in [2.75, 3.05) is 30.7 Å². The smallest absolute Gasteiger partial charge is 0.178 e. The summed E-state index contributed by atoms with van der Waals surface area (Å²) in [5.74, 6) is 0.856. The van der Waals surface area contributed by atoms with Gasteiger partial charge in [0.05, 0.1) is 10.6 Å². The van der Waals surface area contributed by atoms with E-state index in [1.54, 1.807) is 19.1 Å². The third kappa shape index (κ3) is 3.94. The fourth-order valence-corrected chi connectivity index (χ4v) is 3.18. The van der Waals surface area contributed by atoms with Crippen LogP contribution in [0.3, 0.4) is 0 Å². The highest BCUT2D eigenvalue weighted by molar-refractivity contribution is 7.91. The van der Waals surface area contributed by atoms with Crippen molar-refractivity contribution in [3.05, 3.63) is 24.3 Å². The molecule has 4 nitrogen and oxygen atoms in total. The average molecular weight is 282 g/mol. The lowest BCUT2D eigenvalue weighted by Crippen LogP contribution is -2.31. The monoisotopic (exact) mass is 282 g/mol. The average Bonchev–Trinajstić information content (AvgIpc) is 2.47. The Balaban J connectivity index is 1.91. The number of piperidine rings is 1. The number of benzene rings is 1. The van der Waals surface area contributed by atoms with Crippen LogP contribution in [0, 0.1) is 5.92 Å². The van der Waals surface area contributed by atoms with Crippen LogP contribution in [0.15, 0.2) is 29.2 Å². The fraction of sp³-hybridized carbons (Fsp3) is 0.571. The molecule has 1 fully saturated rings. The fourth-order valence-electron chi connectivity index (χ4n) is 2.29. The van der Waals surface area contributed by atoms with Gasteiger partial charge in [0.25, 0.3) is 0 Å². The van der Waals surface area contributed by atoms with Crippen molar-refractivity contribution in [3.63, 3.8) is 0 Å². The largest absolute Gasteiger partial charge is 0.385 e. The molecule has 0 atom stereocenters. The zero-order valence-electron chi connectivity index (χ0n) is 11.4. The van der Waals surface area contributed by atoms with E-state index in [0.717, 1.165) is 25.3 Å². The predicted molar refractivity (Wildman–Crippen MR) is 78.3 cm³/mol. The lowest BCUT2D eigenvalue weighted by molar-refractivity contribution is 0.390. The molecule has 1 saturated heterocycles. The van der Waals surface area contributed by atoms with Crippen LogP contribution < -0.4 is 10.6 Å². The van der Waals surface area contributed by atoms with E-state index in [1.807, 2.05) is 12.1 Å². The first-order chi connectivity index (χ1) is 9.12. The van der Waals surface area contributed by atoms with Gasteiger partial charge in [0.15, 0.2) is 9.84 Å².